The van der Waals surface area contributed by atoms with Gasteiger partial charge in [-0.1, -0.05) is 29.5 Å². The van der Waals surface area contributed by atoms with Crippen molar-refractivity contribution in [2.75, 3.05) is 12.4 Å². The van der Waals surface area contributed by atoms with Crippen molar-refractivity contribution in [1.82, 2.24) is 4.57 Å². The molecule has 1 aromatic carbocycles. The van der Waals surface area contributed by atoms with Crippen LogP contribution in [0.25, 0.3) is 0 Å². The first-order valence-electron chi connectivity index (χ1n) is 7.43. The van der Waals surface area contributed by atoms with Crippen LogP contribution in [0.5, 0.6) is 5.75 Å². The predicted octanol–water partition coefficient (Wildman–Crippen LogP) is 1.30. The van der Waals surface area contributed by atoms with Crippen molar-refractivity contribution in [3.8, 4) is 5.75 Å². The molecule has 4 rings (SSSR count). The average molecular weight is 348 g/mol. The van der Waals surface area contributed by atoms with Gasteiger partial charge in [0.2, 0.25) is 0 Å². The van der Waals surface area contributed by atoms with E-state index in [4.69, 9.17) is 4.74 Å². The summed E-state index contributed by atoms with van der Waals surface area (Å²) < 4.78 is 7.44. The van der Waals surface area contributed by atoms with Crippen molar-refractivity contribution in [1.29, 1.82) is 0 Å². The quantitative estimate of drug-likeness (QED) is 0.836. The smallest absolute Gasteiger partial charge is 0.308 e. The molecule has 2 unspecified atom stereocenters. The average Bonchev–Trinajstić information content (AvgIpc) is 2.87. The van der Waals surface area contributed by atoms with Gasteiger partial charge in [-0.25, -0.2) is 0 Å². The van der Waals surface area contributed by atoms with Gasteiger partial charge >= 0.3 is 4.87 Å². The number of hydrogen-bond acceptors (Lipinski definition) is 6. The van der Waals surface area contributed by atoms with E-state index in [-0.39, 0.29) is 23.8 Å². The number of hydrogen-bond donors (Lipinski definition) is 0. The van der Waals surface area contributed by atoms with E-state index in [9.17, 15) is 14.7 Å². The highest BCUT2D eigenvalue weighted by Gasteiger charge is 2.39. The Bertz CT molecular complexity index is 826. The maximum absolute atomic E-state index is 12.3. The molecule has 0 saturated heterocycles. The standard InChI is InChI=1S/C16H15NO4S2/c18-12(19)5-6-17-15-14(23-16(17)20)13-9(8-22-15)7-21-11-4-2-1-3-10(11)13/h1-4,9,13H,5-8H2,(H,18,19)/p-1. The van der Waals surface area contributed by atoms with Crippen molar-refractivity contribution in [2.24, 2.45) is 5.92 Å². The second kappa shape index (κ2) is 5.72. The molecule has 5 nitrogen and oxygen atoms in total. The Labute approximate surface area is 140 Å². The summed E-state index contributed by atoms with van der Waals surface area (Å²) in [5.74, 6) is 1.13. The lowest BCUT2D eigenvalue weighted by atomic mass is 9.84. The lowest BCUT2D eigenvalue weighted by Crippen LogP contribution is -2.31. The minimum Gasteiger partial charge on any atom is -0.550 e. The molecule has 0 spiro atoms. The van der Waals surface area contributed by atoms with Gasteiger partial charge in [-0.05, 0) is 6.07 Å². The normalized spacial score (nSPS) is 21.7. The Morgan fingerprint density at radius 1 is 1.39 bits per heavy atom. The van der Waals surface area contributed by atoms with Gasteiger partial charge in [0.1, 0.15) is 5.75 Å². The zero-order chi connectivity index (χ0) is 16.0. The number of nitrogens with zero attached hydrogens (tertiary/aromatic N) is 1. The third-order valence-electron chi connectivity index (χ3n) is 4.31. The summed E-state index contributed by atoms with van der Waals surface area (Å²) in [5, 5.41) is 11.6. The number of fused-ring (bicyclic) bond motifs is 5. The fourth-order valence-electron chi connectivity index (χ4n) is 3.25. The predicted molar refractivity (Wildman–Crippen MR) is 86.2 cm³/mol. The number of carbonyl (C=O) groups excluding carboxylic acids is 1. The summed E-state index contributed by atoms with van der Waals surface area (Å²) in [6, 6.07) is 7.96. The van der Waals surface area contributed by atoms with Crippen LogP contribution in [0.4, 0.5) is 0 Å². The van der Waals surface area contributed by atoms with Crippen LogP contribution < -0.4 is 14.7 Å². The van der Waals surface area contributed by atoms with Crippen LogP contribution >= 0.6 is 23.1 Å². The maximum Gasteiger partial charge on any atom is 0.308 e. The number of aliphatic carboxylic acids is 1. The van der Waals surface area contributed by atoms with Crippen LogP contribution in [0.2, 0.25) is 0 Å². The van der Waals surface area contributed by atoms with Gasteiger partial charge in [-0.2, -0.15) is 0 Å². The lowest BCUT2D eigenvalue weighted by molar-refractivity contribution is -0.306. The molecular formula is C16H14NO4S2-. The Balaban J connectivity index is 1.79. The number of aromatic nitrogens is 1. The summed E-state index contributed by atoms with van der Waals surface area (Å²) in [6.07, 6.45) is -0.141. The van der Waals surface area contributed by atoms with Crippen LogP contribution in [-0.2, 0) is 11.3 Å². The third kappa shape index (κ3) is 2.48. The van der Waals surface area contributed by atoms with Crippen LogP contribution in [-0.4, -0.2) is 22.9 Å². The number of benzene rings is 1. The number of para-hydroxylation sites is 1. The lowest BCUT2D eigenvalue weighted by Gasteiger charge is -2.36. The largest absolute Gasteiger partial charge is 0.550 e. The summed E-state index contributed by atoms with van der Waals surface area (Å²) in [7, 11) is 0. The summed E-state index contributed by atoms with van der Waals surface area (Å²) in [4.78, 5) is 24.0. The number of thiazole rings is 1. The highest BCUT2D eigenvalue weighted by atomic mass is 32.2. The molecular weight excluding hydrogens is 334 g/mol. The number of carboxylic acids is 1. The van der Waals surface area contributed by atoms with E-state index in [1.807, 2.05) is 18.2 Å². The van der Waals surface area contributed by atoms with Gasteiger partial charge in [-0.15, -0.1) is 11.8 Å². The molecule has 0 saturated carbocycles. The first kappa shape index (κ1) is 14.8. The van der Waals surface area contributed by atoms with Gasteiger partial charge in [-0.3, -0.25) is 9.36 Å². The number of carbonyl (C=O) groups is 1. The summed E-state index contributed by atoms with van der Waals surface area (Å²) in [5.41, 5.74) is 1.12. The Morgan fingerprint density at radius 2 is 2.22 bits per heavy atom. The fourth-order valence-corrected chi connectivity index (χ4v) is 6.00. The van der Waals surface area contributed by atoms with E-state index >= 15 is 0 Å². The van der Waals surface area contributed by atoms with Gasteiger partial charge in [0.15, 0.2) is 0 Å². The van der Waals surface area contributed by atoms with E-state index < -0.39 is 5.97 Å². The molecule has 0 N–H and O–H groups in total. The molecule has 1 aromatic heterocycles. The molecule has 2 aromatic rings. The summed E-state index contributed by atoms with van der Waals surface area (Å²) >= 11 is 2.86. The Hall–Kier alpha value is -1.73. The number of ether oxygens (including phenoxy) is 1. The Morgan fingerprint density at radius 3 is 3.04 bits per heavy atom. The summed E-state index contributed by atoms with van der Waals surface area (Å²) in [6.45, 7) is 0.828. The molecule has 0 fully saturated rings. The van der Waals surface area contributed by atoms with Crippen molar-refractivity contribution in [3.05, 3.63) is 44.4 Å². The zero-order valence-electron chi connectivity index (χ0n) is 12.2. The van der Waals surface area contributed by atoms with E-state index in [0.29, 0.717) is 12.5 Å². The second-order valence-corrected chi connectivity index (χ2v) is 7.71. The maximum atomic E-state index is 12.3. The first-order valence-corrected chi connectivity index (χ1v) is 9.23. The minimum absolute atomic E-state index is 0.0895. The molecule has 0 bridgehead atoms. The van der Waals surface area contributed by atoms with Gasteiger partial charge < -0.3 is 14.6 Å². The van der Waals surface area contributed by atoms with E-state index in [1.54, 1.807) is 16.3 Å². The van der Waals surface area contributed by atoms with Crippen LogP contribution in [0, 0.1) is 5.92 Å². The van der Waals surface area contributed by atoms with Crippen molar-refractivity contribution >= 4 is 29.1 Å². The van der Waals surface area contributed by atoms with E-state index in [0.717, 1.165) is 27.0 Å². The van der Waals surface area contributed by atoms with Crippen molar-refractivity contribution in [3.63, 3.8) is 0 Å². The van der Waals surface area contributed by atoms with Crippen LogP contribution in [0.3, 0.4) is 0 Å². The molecule has 0 radical (unpaired) electrons. The SMILES string of the molecule is O=C([O-])CCn1c2c(sc1=O)C1c3ccccc3OCC1CS2. The van der Waals surface area contributed by atoms with Crippen molar-refractivity contribution in [2.45, 2.75) is 23.9 Å². The fraction of sp³-hybridized carbons (Fsp3) is 0.375. The van der Waals surface area contributed by atoms with E-state index in [2.05, 4.69) is 6.07 Å². The van der Waals surface area contributed by atoms with Crippen LogP contribution in [0.15, 0.2) is 34.1 Å². The number of rotatable bonds is 3. The highest BCUT2D eigenvalue weighted by molar-refractivity contribution is 7.99. The van der Waals surface area contributed by atoms with E-state index in [1.165, 1.54) is 11.3 Å². The molecule has 120 valence electrons. The van der Waals surface area contributed by atoms with Crippen LogP contribution in [0.1, 0.15) is 22.8 Å². The zero-order valence-corrected chi connectivity index (χ0v) is 13.8. The molecule has 2 aliphatic heterocycles. The molecule has 0 amide bonds. The molecule has 2 atom stereocenters. The molecule has 0 aliphatic carbocycles. The van der Waals surface area contributed by atoms with Gasteiger partial charge in [0, 0.05) is 47.0 Å². The third-order valence-corrected chi connectivity index (χ3v) is 6.81. The van der Waals surface area contributed by atoms with Gasteiger partial charge in [0.25, 0.3) is 0 Å². The molecule has 3 heterocycles. The molecule has 23 heavy (non-hydrogen) atoms. The highest BCUT2D eigenvalue weighted by Crippen LogP contribution is 2.50. The monoisotopic (exact) mass is 348 g/mol. The first-order chi connectivity index (χ1) is 11.1. The number of thioether (sulfide) groups is 1. The number of carboxylic acid groups (broad SMARTS) is 1. The topological polar surface area (TPSA) is 71.4 Å². The Kier molecular flexibility index (Phi) is 3.69. The molecule has 7 heteroatoms. The second-order valence-electron chi connectivity index (χ2n) is 5.71. The van der Waals surface area contributed by atoms with Gasteiger partial charge in [0.05, 0.1) is 11.6 Å². The minimum atomic E-state index is -1.13. The van der Waals surface area contributed by atoms with Crippen molar-refractivity contribution < 1.29 is 14.6 Å². The molecule has 2 aliphatic rings.